The van der Waals surface area contributed by atoms with E-state index in [0.717, 1.165) is 0 Å². The second kappa shape index (κ2) is 8.32. The molecule has 126 valence electrons. The molecule has 0 spiro atoms. The van der Waals surface area contributed by atoms with Crippen molar-refractivity contribution < 1.29 is 9.53 Å². The fraction of sp³-hybridized carbons (Fsp3) is 0.0625. The molecule has 2 aromatic carbocycles. The third-order valence-corrected chi connectivity index (χ3v) is 4.46. The highest BCUT2D eigenvalue weighted by atomic mass is 35.5. The van der Waals surface area contributed by atoms with E-state index in [0.29, 0.717) is 32.1 Å². The van der Waals surface area contributed by atoms with Crippen LogP contribution in [0.3, 0.4) is 0 Å². The molecule has 2 aromatic rings. The van der Waals surface area contributed by atoms with Crippen molar-refractivity contribution in [1.29, 1.82) is 0 Å². The molecule has 1 N–H and O–H groups in total. The highest BCUT2D eigenvalue weighted by molar-refractivity contribution is 6.44. The Balaban J connectivity index is 2.22. The smallest absolute Gasteiger partial charge is 0.248 e. The van der Waals surface area contributed by atoms with Crippen molar-refractivity contribution in [3.05, 3.63) is 61.0 Å². The van der Waals surface area contributed by atoms with E-state index >= 15 is 0 Å². The van der Waals surface area contributed by atoms with Crippen LogP contribution in [0, 0.1) is 0 Å². The van der Waals surface area contributed by atoms with Crippen LogP contribution in [-0.2, 0) is 4.79 Å². The van der Waals surface area contributed by atoms with Gasteiger partial charge in [-0.1, -0.05) is 58.0 Å². The molecule has 1 amide bonds. The van der Waals surface area contributed by atoms with Gasteiger partial charge >= 0.3 is 0 Å². The number of ether oxygens (including phenoxy) is 1. The summed E-state index contributed by atoms with van der Waals surface area (Å²) in [5, 5.41) is 4.23. The Bertz CT molecular complexity index is 821. The zero-order valence-corrected chi connectivity index (χ0v) is 16.0. The van der Waals surface area contributed by atoms with Crippen LogP contribution in [0.25, 0.3) is 6.08 Å². The van der Waals surface area contributed by atoms with Gasteiger partial charge in [-0.05, 0) is 30.3 Å². The standard InChI is InChI=1S/C16H10Cl5NO2/c1-24-16-8(4-9(17)5-13(16)21)2-3-15(23)22-14-7-11(19)10(18)6-12(14)20/h2-7H,1H3,(H,22,23)/b3-2+. The average Bonchev–Trinajstić information content (AvgIpc) is 2.50. The van der Waals surface area contributed by atoms with Gasteiger partial charge in [0.1, 0.15) is 5.75 Å². The second-order valence-electron chi connectivity index (χ2n) is 4.58. The average molecular weight is 426 g/mol. The third kappa shape index (κ3) is 4.71. The van der Waals surface area contributed by atoms with Crippen LogP contribution in [-0.4, -0.2) is 13.0 Å². The van der Waals surface area contributed by atoms with Gasteiger partial charge in [-0.15, -0.1) is 0 Å². The van der Waals surface area contributed by atoms with Crippen molar-refractivity contribution in [1.82, 2.24) is 0 Å². The molecule has 24 heavy (non-hydrogen) atoms. The summed E-state index contributed by atoms with van der Waals surface area (Å²) in [7, 11) is 1.47. The Hall–Kier alpha value is -1.10. The topological polar surface area (TPSA) is 38.3 Å². The number of carbonyl (C=O) groups is 1. The molecule has 0 atom stereocenters. The highest BCUT2D eigenvalue weighted by Crippen LogP contribution is 2.34. The third-order valence-electron chi connectivity index (χ3n) is 2.92. The van der Waals surface area contributed by atoms with Gasteiger partial charge < -0.3 is 10.1 Å². The van der Waals surface area contributed by atoms with Crippen LogP contribution in [0.5, 0.6) is 5.75 Å². The maximum absolute atomic E-state index is 12.1. The number of anilines is 1. The summed E-state index contributed by atoms with van der Waals surface area (Å²) in [4.78, 5) is 12.1. The van der Waals surface area contributed by atoms with Gasteiger partial charge in [0.2, 0.25) is 5.91 Å². The number of methoxy groups -OCH3 is 1. The molecule has 3 nitrogen and oxygen atoms in total. The number of benzene rings is 2. The molecular weight excluding hydrogens is 415 g/mol. The van der Waals surface area contributed by atoms with Gasteiger partial charge in [0.25, 0.3) is 0 Å². The largest absolute Gasteiger partial charge is 0.495 e. The van der Waals surface area contributed by atoms with Crippen molar-refractivity contribution >= 4 is 75.7 Å². The van der Waals surface area contributed by atoms with Crippen molar-refractivity contribution in [3.63, 3.8) is 0 Å². The van der Waals surface area contributed by atoms with E-state index in [1.807, 2.05) is 0 Å². The van der Waals surface area contributed by atoms with Crippen molar-refractivity contribution in [2.45, 2.75) is 0 Å². The lowest BCUT2D eigenvalue weighted by molar-refractivity contribution is -0.111. The molecule has 0 saturated carbocycles. The zero-order valence-electron chi connectivity index (χ0n) is 12.2. The van der Waals surface area contributed by atoms with E-state index in [1.165, 1.54) is 31.4 Å². The predicted molar refractivity (Wildman–Crippen MR) is 102 cm³/mol. The summed E-state index contributed by atoms with van der Waals surface area (Å²) in [6.45, 7) is 0. The van der Waals surface area contributed by atoms with Crippen molar-refractivity contribution in [2.75, 3.05) is 12.4 Å². The first-order chi connectivity index (χ1) is 11.3. The zero-order chi connectivity index (χ0) is 17.9. The summed E-state index contributed by atoms with van der Waals surface area (Å²) < 4.78 is 5.20. The molecule has 0 fully saturated rings. The monoisotopic (exact) mass is 423 g/mol. The van der Waals surface area contributed by atoms with Crippen molar-refractivity contribution in [2.24, 2.45) is 0 Å². The summed E-state index contributed by atoms with van der Waals surface area (Å²) in [5.74, 6) is -0.00822. The highest BCUT2D eigenvalue weighted by Gasteiger charge is 2.10. The van der Waals surface area contributed by atoms with E-state index in [2.05, 4.69) is 5.32 Å². The van der Waals surface area contributed by atoms with Crippen LogP contribution in [0.2, 0.25) is 25.1 Å². The van der Waals surface area contributed by atoms with E-state index in [4.69, 9.17) is 62.7 Å². The van der Waals surface area contributed by atoms with Crippen LogP contribution in [0.15, 0.2) is 30.3 Å². The van der Waals surface area contributed by atoms with Gasteiger partial charge in [-0.2, -0.15) is 0 Å². The number of amides is 1. The van der Waals surface area contributed by atoms with Gasteiger partial charge in [0.05, 0.1) is 32.9 Å². The second-order valence-corrected chi connectivity index (χ2v) is 6.64. The Kier molecular flexibility index (Phi) is 6.67. The van der Waals surface area contributed by atoms with E-state index in [9.17, 15) is 4.79 Å². The van der Waals surface area contributed by atoms with Crippen LogP contribution in [0.1, 0.15) is 5.56 Å². The molecule has 0 bridgehead atoms. The molecule has 0 radical (unpaired) electrons. The molecule has 0 aliphatic rings. The maximum atomic E-state index is 12.1. The molecule has 0 heterocycles. The molecule has 0 aliphatic carbocycles. The quantitative estimate of drug-likeness (QED) is 0.442. The van der Waals surface area contributed by atoms with E-state index in [1.54, 1.807) is 12.1 Å². The molecular formula is C16H10Cl5NO2. The Morgan fingerprint density at radius 1 is 0.958 bits per heavy atom. The molecule has 0 saturated heterocycles. The summed E-state index contributed by atoms with van der Waals surface area (Å²) in [6.07, 6.45) is 2.82. The number of rotatable bonds is 4. The molecule has 0 unspecified atom stereocenters. The van der Waals surface area contributed by atoms with Crippen LogP contribution < -0.4 is 10.1 Å². The molecule has 0 aliphatic heterocycles. The molecule has 0 aromatic heterocycles. The van der Waals surface area contributed by atoms with Crippen LogP contribution >= 0.6 is 58.0 Å². The van der Waals surface area contributed by atoms with Gasteiger partial charge in [0.15, 0.2) is 0 Å². The maximum Gasteiger partial charge on any atom is 0.248 e. The summed E-state index contributed by atoms with van der Waals surface area (Å²) in [5.41, 5.74) is 0.905. The van der Waals surface area contributed by atoms with Crippen LogP contribution in [0.4, 0.5) is 5.69 Å². The Morgan fingerprint density at radius 3 is 2.29 bits per heavy atom. The normalized spacial score (nSPS) is 10.9. The number of halogens is 5. The minimum absolute atomic E-state index is 0.273. The SMILES string of the molecule is COc1c(Cl)cc(Cl)cc1/C=C/C(=O)Nc1cc(Cl)c(Cl)cc1Cl. The Labute approximate surface area is 164 Å². The minimum atomic E-state index is -0.423. The lowest BCUT2D eigenvalue weighted by atomic mass is 10.2. The Morgan fingerprint density at radius 2 is 1.62 bits per heavy atom. The number of hydrogen-bond donors (Lipinski definition) is 1. The van der Waals surface area contributed by atoms with Gasteiger partial charge in [-0.25, -0.2) is 0 Å². The first-order valence-electron chi connectivity index (χ1n) is 6.48. The molecule has 8 heteroatoms. The van der Waals surface area contributed by atoms with Gasteiger partial charge in [0, 0.05) is 16.7 Å². The summed E-state index contributed by atoms with van der Waals surface area (Å²) in [6, 6.07) is 6.09. The number of nitrogens with one attached hydrogen (secondary N) is 1. The number of carbonyl (C=O) groups excluding carboxylic acids is 1. The predicted octanol–water partition coefficient (Wildman–Crippen LogP) is 6.61. The molecule has 2 rings (SSSR count). The number of hydrogen-bond acceptors (Lipinski definition) is 2. The lowest BCUT2D eigenvalue weighted by Gasteiger charge is -2.08. The first kappa shape index (κ1) is 19.2. The minimum Gasteiger partial charge on any atom is -0.495 e. The van der Waals surface area contributed by atoms with Crippen molar-refractivity contribution in [3.8, 4) is 5.75 Å². The fourth-order valence-electron chi connectivity index (χ4n) is 1.88. The first-order valence-corrected chi connectivity index (χ1v) is 8.37. The van der Waals surface area contributed by atoms with Gasteiger partial charge in [-0.3, -0.25) is 4.79 Å². The van der Waals surface area contributed by atoms with E-state index in [-0.39, 0.29) is 10.0 Å². The van der Waals surface area contributed by atoms with E-state index < -0.39 is 5.91 Å². The fourth-order valence-corrected chi connectivity index (χ4v) is 3.06. The summed E-state index contributed by atoms with van der Waals surface area (Å²) >= 11 is 29.8. The lowest BCUT2D eigenvalue weighted by Crippen LogP contribution is -2.08.